The van der Waals surface area contributed by atoms with Gasteiger partial charge in [0, 0.05) is 25.1 Å². The third-order valence-corrected chi connectivity index (χ3v) is 2.42. The van der Waals surface area contributed by atoms with Crippen LogP contribution in [-0.2, 0) is 4.74 Å². The Morgan fingerprint density at radius 1 is 1.16 bits per heavy atom. The predicted molar refractivity (Wildman–Crippen MR) is 76.9 cm³/mol. The van der Waals surface area contributed by atoms with Gasteiger partial charge in [0.1, 0.15) is 18.2 Å². The van der Waals surface area contributed by atoms with E-state index in [0.717, 1.165) is 31.2 Å². The highest BCUT2D eigenvalue weighted by Crippen LogP contribution is 2.18. The number of hydrogen-bond acceptors (Lipinski definition) is 5. The molecule has 1 rings (SSSR count). The molecule has 0 unspecified atom stereocenters. The van der Waals surface area contributed by atoms with E-state index in [1.807, 2.05) is 13.0 Å². The van der Waals surface area contributed by atoms with Crippen LogP contribution in [0.4, 0.5) is 5.82 Å². The van der Waals surface area contributed by atoms with Gasteiger partial charge < -0.3 is 14.8 Å². The van der Waals surface area contributed by atoms with Gasteiger partial charge in [-0.15, -0.1) is 0 Å². The van der Waals surface area contributed by atoms with Crippen molar-refractivity contribution >= 4 is 5.82 Å². The Hall–Kier alpha value is -1.36. The molecule has 1 aromatic rings. The minimum Gasteiger partial charge on any atom is -0.475 e. The predicted octanol–water partition coefficient (Wildman–Crippen LogP) is 2.84. The third-order valence-electron chi connectivity index (χ3n) is 2.42. The molecule has 19 heavy (non-hydrogen) atoms. The van der Waals surface area contributed by atoms with Gasteiger partial charge in [-0.05, 0) is 13.3 Å². The summed E-state index contributed by atoms with van der Waals surface area (Å²) in [5.41, 5.74) is 0. The van der Waals surface area contributed by atoms with E-state index in [1.54, 1.807) is 0 Å². The van der Waals surface area contributed by atoms with Crippen LogP contribution in [0.15, 0.2) is 6.07 Å². The zero-order valence-electron chi connectivity index (χ0n) is 12.4. The summed E-state index contributed by atoms with van der Waals surface area (Å²) < 4.78 is 11.0. The number of hydrogen-bond donors (Lipinski definition) is 1. The third kappa shape index (κ3) is 5.87. The highest BCUT2D eigenvalue weighted by atomic mass is 16.5. The molecule has 0 aliphatic rings. The van der Waals surface area contributed by atoms with Crippen LogP contribution in [0.3, 0.4) is 0 Å². The van der Waals surface area contributed by atoms with Crippen molar-refractivity contribution in [3.63, 3.8) is 0 Å². The van der Waals surface area contributed by atoms with Gasteiger partial charge in [-0.1, -0.05) is 20.8 Å². The van der Waals surface area contributed by atoms with Crippen LogP contribution in [0.25, 0.3) is 0 Å². The first kappa shape index (κ1) is 15.7. The molecule has 0 aliphatic carbocycles. The van der Waals surface area contributed by atoms with Crippen LogP contribution in [0.1, 0.15) is 45.9 Å². The molecule has 0 bridgehead atoms. The second-order valence-electron chi connectivity index (χ2n) is 4.60. The van der Waals surface area contributed by atoms with Crippen LogP contribution in [-0.4, -0.2) is 36.3 Å². The van der Waals surface area contributed by atoms with Gasteiger partial charge >= 0.3 is 0 Å². The van der Waals surface area contributed by atoms with Crippen molar-refractivity contribution in [3.8, 4) is 5.88 Å². The van der Waals surface area contributed by atoms with E-state index >= 15 is 0 Å². The largest absolute Gasteiger partial charge is 0.475 e. The number of nitrogens with zero attached hydrogens (tertiary/aromatic N) is 2. The maximum absolute atomic E-state index is 5.61. The number of nitrogens with one attached hydrogen (secondary N) is 1. The van der Waals surface area contributed by atoms with E-state index < -0.39 is 0 Å². The Morgan fingerprint density at radius 2 is 1.95 bits per heavy atom. The normalized spacial score (nSPS) is 10.8. The highest BCUT2D eigenvalue weighted by molar-refractivity contribution is 5.38. The minimum atomic E-state index is 0.275. The van der Waals surface area contributed by atoms with Gasteiger partial charge in [0.05, 0.1) is 6.61 Å². The fourth-order valence-electron chi connectivity index (χ4n) is 1.50. The van der Waals surface area contributed by atoms with E-state index in [-0.39, 0.29) is 5.92 Å². The number of ether oxygens (including phenoxy) is 2. The van der Waals surface area contributed by atoms with E-state index in [2.05, 4.69) is 36.1 Å². The van der Waals surface area contributed by atoms with Gasteiger partial charge in [-0.3, -0.25) is 0 Å². The lowest BCUT2D eigenvalue weighted by Gasteiger charge is -2.11. The first-order valence-corrected chi connectivity index (χ1v) is 7.00. The molecule has 108 valence electrons. The molecular formula is C14H25N3O2. The summed E-state index contributed by atoms with van der Waals surface area (Å²) in [6.45, 7) is 11.0. The molecule has 0 atom stereocenters. The minimum absolute atomic E-state index is 0.275. The smallest absolute Gasteiger partial charge is 0.218 e. The van der Waals surface area contributed by atoms with Crippen LogP contribution in [0, 0.1) is 0 Å². The summed E-state index contributed by atoms with van der Waals surface area (Å²) in [5.74, 6) is 2.49. The van der Waals surface area contributed by atoms with E-state index in [9.17, 15) is 0 Å². The topological polar surface area (TPSA) is 56.3 Å². The lowest BCUT2D eigenvalue weighted by atomic mass is 10.2. The van der Waals surface area contributed by atoms with Gasteiger partial charge in [-0.25, -0.2) is 4.98 Å². The van der Waals surface area contributed by atoms with Crippen LogP contribution >= 0.6 is 0 Å². The summed E-state index contributed by atoms with van der Waals surface area (Å²) in [5, 5.41) is 3.19. The molecule has 0 saturated heterocycles. The molecule has 5 nitrogen and oxygen atoms in total. The average Bonchev–Trinajstić information content (AvgIpc) is 2.38. The van der Waals surface area contributed by atoms with Crippen molar-refractivity contribution in [2.24, 2.45) is 0 Å². The Labute approximate surface area is 115 Å². The van der Waals surface area contributed by atoms with Gasteiger partial charge in [0.25, 0.3) is 0 Å². The molecule has 0 aliphatic heterocycles. The first-order valence-electron chi connectivity index (χ1n) is 7.00. The Kier molecular flexibility index (Phi) is 7.18. The summed E-state index contributed by atoms with van der Waals surface area (Å²) >= 11 is 0. The first-order chi connectivity index (χ1) is 9.17. The number of rotatable bonds is 9. The molecule has 0 spiro atoms. The Balaban J connectivity index is 2.60. The maximum Gasteiger partial charge on any atom is 0.218 e. The summed E-state index contributed by atoms with van der Waals surface area (Å²) in [6.07, 6.45) is 1.02. The number of anilines is 1. The summed E-state index contributed by atoms with van der Waals surface area (Å²) in [7, 11) is 0. The monoisotopic (exact) mass is 267 g/mol. The molecule has 0 fully saturated rings. The van der Waals surface area contributed by atoms with Crippen LogP contribution < -0.4 is 10.1 Å². The van der Waals surface area contributed by atoms with Crippen molar-refractivity contribution < 1.29 is 9.47 Å². The summed E-state index contributed by atoms with van der Waals surface area (Å²) in [4.78, 5) is 8.85. The fraction of sp³-hybridized carbons (Fsp3) is 0.714. The van der Waals surface area contributed by atoms with Crippen molar-refractivity contribution in [2.45, 2.75) is 40.0 Å². The molecular weight excluding hydrogens is 242 g/mol. The Morgan fingerprint density at radius 3 is 2.58 bits per heavy atom. The summed E-state index contributed by atoms with van der Waals surface area (Å²) in [6, 6.07) is 1.83. The zero-order valence-corrected chi connectivity index (χ0v) is 12.4. The highest BCUT2D eigenvalue weighted by Gasteiger charge is 2.08. The van der Waals surface area contributed by atoms with Crippen LogP contribution in [0.5, 0.6) is 5.88 Å². The second-order valence-corrected chi connectivity index (χ2v) is 4.60. The van der Waals surface area contributed by atoms with Crippen molar-refractivity contribution in [3.05, 3.63) is 11.9 Å². The fourth-order valence-corrected chi connectivity index (χ4v) is 1.50. The molecule has 0 radical (unpaired) electrons. The number of aromatic nitrogens is 2. The molecule has 1 N–H and O–H groups in total. The van der Waals surface area contributed by atoms with Gasteiger partial charge in [0.15, 0.2) is 0 Å². The van der Waals surface area contributed by atoms with Gasteiger partial charge in [-0.2, -0.15) is 4.98 Å². The molecule has 0 aromatic carbocycles. The maximum atomic E-state index is 5.61. The molecule has 0 amide bonds. The van der Waals surface area contributed by atoms with Gasteiger partial charge in [0.2, 0.25) is 5.88 Å². The van der Waals surface area contributed by atoms with E-state index in [1.165, 1.54) is 0 Å². The van der Waals surface area contributed by atoms with E-state index in [4.69, 9.17) is 9.47 Å². The van der Waals surface area contributed by atoms with E-state index in [0.29, 0.717) is 19.1 Å². The molecule has 1 aromatic heterocycles. The lowest BCUT2D eigenvalue weighted by molar-refractivity contribution is 0.0989. The average molecular weight is 267 g/mol. The van der Waals surface area contributed by atoms with Crippen molar-refractivity contribution in [1.82, 2.24) is 9.97 Å². The van der Waals surface area contributed by atoms with Crippen molar-refractivity contribution in [2.75, 3.05) is 31.7 Å². The molecule has 1 heterocycles. The zero-order chi connectivity index (χ0) is 14.1. The molecule has 5 heteroatoms. The van der Waals surface area contributed by atoms with Crippen LogP contribution in [0.2, 0.25) is 0 Å². The quantitative estimate of drug-likeness (QED) is 0.697. The lowest BCUT2D eigenvalue weighted by Crippen LogP contribution is -2.11. The Bertz CT molecular complexity index is 370. The second kappa shape index (κ2) is 8.69. The standard InChI is InChI=1S/C14H25N3O2/c1-5-7-18-8-9-19-13-10-12(15-6-2)16-14(17-13)11(3)4/h10-11H,5-9H2,1-4H3,(H,15,16,17). The molecule has 0 saturated carbocycles. The SMILES string of the molecule is CCCOCCOc1cc(NCC)nc(C(C)C)n1. The van der Waals surface area contributed by atoms with Crippen molar-refractivity contribution in [1.29, 1.82) is 0 Å².